The maximum atomic E-state index is 12.1. The van der Waals surface area contributed by atoms with Crippen LogP contribution in [0.25, 0.3) is 19.5 Å². The lowest BCUT2D eigenvalue weighted by Gasteiger charge is -2.05. The van der Waals surface area contributed by atoms with Crippen molar-refractivity contribution in [3.8, 4) is 0 Å². The van der Waals surface area contributed by atoms with Gasteiger partial charge in [-0.25, -0.2) is 9.59 Å². The molecule has 0 aliphatic heterocycles. The first kappa shape index (κ1) is 17.1. The molecule has 0 unspecified atom stereocenters. The summed E-state index contributed by atoms with van der Waals surface area (Å²) in [4.78, 5) is 35.4. The highest BCUT2D eigenvalue weighted by Gasteiger charge is 2.17. The van der Waals surface area contributed by atoms with Crippen molar-refractivity contribution in [3.05, 3.63) is 47.9 Å². The summed E-state index contributed by atoms with van der Waals surface area (Å²) in [5.41, 5.74) is 0. The Morgan fingerprint density at radius 3 is 2.76 bits per heavy atom. The predicted octanol–water partition coefficient (Wildman–Crippen LogP) is 3.28. The van der Waals surface area contributed by atoms with Crippen molar-refractivity contribution in [2.45, 2.75) is 0 Å². The largest absolute Gasteiger partial charge is 0.451 e. The van der Waals surface area contributed by atoms with Gasteiger partial charge in [0.05, 0.1) is 4.70 Å². The Bertz CT molecular complexity index is 974. The van der Waals surface area contributed by atoms with Crippen LogP contribution in [-0.2, 0) is 9.53 Å². The van der Waals surface area contributed by atoms with Crippen molar-refractivity contribution < 1.29 is 19.1 Å². The number of ether oxygens (including phenoxy) is 1. The molecule has 3 amide bonds. The first-order valence-electron chi connectivity index (χ1n) is 7.35. The number of thiophene rings is 2. The Morgan fingerprint density at radius 2 is 1.96 bits per heavy atom. The normalized spacial score (nSPS) is 10.6. The molecule has 2 heterocycles. The van der Waals surface area contributed by atoms with Crippen molar-refractivity contribution in [3.63, 3.8) is 0 Å². The van der Waals surface area contributed by atoms with Crippen LogP contribution in [0, 0.1) is 0 Å². The maximum Gasteiger partial charge on any atom is 0.348 e. The molecule has 0 spiro atoms. The Morgan fingerprint density at radius 1 is 1.16 bits per heavy atom. The summed E-state index contributed by atoms with van der Waals surface area (Å²) in [6, 6.07) is 9.07. The lowest BCUT2D eigenvalue weighted by atomic mass is 10.2. The average Bonchev–Trinajstić information content (AvgIpc) is 3.15. The number of fused-ring (bicyclic) bond motifs is 3. The van der Waals surface area contributed by atoms with E-state index in [2.05, 4.69) is 17.2 Å². The highest BCUT2D eigenvalue weighted by atomic mass is 32.1. The summed E-state index contributed by atoms with van der Waals surface area (Å²) >= 11 is 2.93. The third-order valence-electron chi connectivity index (χ3n) is 3.25. The molecule has 25 heavy (non-hydrogen) atoms. The van der Waals surface area contributed by atoms with Crippen LogP contribution in [0.15, 0.2) is 43.0 Å². The quantitative estimate of drug-likeness (QED) is 0.530. The fourth-order valence-electron chi connectivity index (χ4n) is 2.17. The van der Waals surface area contributed by atoms with Crippen LogP contribution in [0.2, 0.25) is 0 Å². The molecule has 0 bridgehead atoms. The Labute approximate surface area is 151 Å². The molecule has 128 valence electrons. The number of carbonyl (C=O) groups is 3. The second-order valence-corrected chi connectivity index (χ2v) is 7.16. The molecule has 1 aromatic carbocycles. The minimum atomic E-state index is -0.696. The van der Waals surface area contributed by atoms with Gasteiger partial charge in [-0.05, 0) is 12.1 Å². The summed E-state index contributed by atoms with van der Waals surface area (Å²) in [5.74, 6) is -1.28. The average molecular weight is 374 g/mol. The molecule has 0 aliphatic rings. The van der Waals surface area contributed by atoms with E-state index in [1.807, 2.05) is 24.3 Å². The lowest BCUT2D eigenvalue weighted by Crippen LogP contribution is -2.41. The molecule has 0 radical (unpaired) electrons. The zero-order valence-electron chi connectivity index (χ0n) is 13.0. The van der Waals surface area contributed by atoms with Crippen LogP contribution < -0.4 is 10.6 Å². The van der Waals surface area contributed by atoms with E-state index in [-0.39, 0.29) is 6.54 Å². The number of benzene rings is 1. The molecular formula is C17H14N2O4S2. The summed E-state index contributed by atoms with van der Waals surface area (Å²) < 4.78 is 8.17. The smallest absolute Gasteiger partial charge is 0.348 e. The number of esters is 1. The van der Waals surface area contributed by atoms with Crippen molar-refractivity contribution in [2.24, 2.45) is 0 Å². The molecule has 0 saturated carbocycles. The van der Waals surface area contributed by atoms with E-state index in [1.54, 1.807) is 17.4 Å². The first-order chi connectivity index (χ1) is 12.1. The monoisotopic (exact) mass is 374 g/mol. The second-order valence-electron chi connectivity index (χ2n) is 5.03. The fourth-order valence-corrected chi connectivity index (χ4v) is 4.59. The molecule has 0 fully saturated rings. The Balaban J connectivity index is 1.61. The molecule has 2 aromatic heterocycles. The number of imide groups is 1. The van der Waals surface area contributed by atoms with Gasteiger partial charge in [-0.1, -0.05) is 24.3 Å². The van der Waals surface area contributed by atoms with Gasteiger partial charge in [0.25, 0.3) is 5.91 Å². The molecule has 0 atom stereocenters. The van der Waals surface area contributed by atoms with E-state index in [9.17, 15) is 14.4 Å². The molecule has 2 N–H and O–H groups in total. The van der Waals surface area contributed by atoms with Gasteiger partial charge >= 0.3 is 12.0 Å². The van der Waals surface area contributed by atoms with E-state index in [1.165, 1.54) is 17.4 Å². The number of hydrogen-bond donors (Lipinski definition) is 2. The van der Waals surface area contributed by atoms with Gasteiger partial charge < -0.3 is 10.1 Å². The molecule has 0 saturated heterocycles. The van der Waals surface area contributed by atoms with Crippen LogP contribution in [0.5, 0.6) is 0 Å². The highest BCUT2D eigenvalue weighted by Crippen LogP contribution is 2.39. The van der Waals surface area contributed by atoms with Crippen LogP contribution >= 0.6 is 22.7 Å². The molecule has 8 heteroatoms. The summed E-state index contributed by atoms with van der Waals surface area (Å²) in [6.07, 6.45) is 1.48. The second kappa shape index (κ2) is 7.45. The van der Waals surface area contributed by atoms with Crippen molar-refractivity contribution in [1.29, 1.82) is 0 Å². The minimum Gasteiger partial charge on any atom is -0.451 e. The van der Waals surface area contributed by atoms with Crippen molar-refractivity contribution in [2.75, 3.05) is 13.2 Å². The number of carbonyl (C=O) groups excluding carboxylic acids is 3. The Hall–Kier alpha value is -2.71. The zero-order valence-corrected chi connectivity index (χ0v) is 14.7. The number of nitrogens with one attached hydrogen (secondary N) is 2. The van der Waals surface area contributed by atoms with Crippen molar-refractivity contribution >= 4 is 60.1 Å². The topological polar surface area (TPSA) is 84.5 Å². The summed E-state index contributed by atoms with van der Waals surface area (Å²) in [6.45, 7) is 3.16. The van der Waals surface area contributed by atoms with Gasteiger partial charge in [0.1, 0.15) is 4.88 Å². The van der Waals surface area contributed by atoms with Gasteiger partial charge in [0.15, 0.2) is 6.61 Å². The van der Waals surface area contributed by atoms with Crippen LogP contribution in [0.3, 0.4) is 0 Å². The van der Waals surface area contributed by atoms with Crippen LogP contribution in [0.1, 0.15) is 9.67 Å². The number of amides is 3. The van der Waals surface area contributed by atoms with E-state index in [0.717, 1.165) is 19.5 Å². The minimum absolute atomic E-state index is 0.235. The van der Waals surface area contributed by atoms with Crippen LogP contribution in [-0.4, -0.2) is 31.1 Å². The summed E-state index contributed by atoms with van der Waals surface area (Å²) in [5, 5.41) is 5.55. The molecule has 3 rings (SSSR count). The Kier molecular flexibility index (Phi) is 5.11. The van der Waals surface area contributed by atoms with Gasteiger partial charge in [0.2, 0.25) is 0 Å². The van der Waals surface area contributed by atoms with E-state index in [0.29, 0.717) is 4.88 Å². The SMILES string of the molecule is C=CCNC(=O)NC(=O)COC(=O)c1cc2sc3ccccc3c2s1. The fraction of sp³-hybridized carbons (Fsp3) is 0.118. The number of rotatable bonds is 5. The molecule has 3 aromatic rings. The highest BCUT2D eigenvalue weighted by molar-refractivity contribution is 7.33. The van der Waals surface area contributed by atoms with E-state index < -0.39 is 24.5 Å². The number of urea groups is 1. The van der Waals surface area contributed by atoms with Crippen LogP contribution in [0.4, 0.5) is 4.79 Å². The van der Waals surface area contributed by atoms with Gasteiger partial charge in [0, 0.05) is 21.3 Å². The third-order valence-corrected chi connectivity index (χ3v) is 5.64. The van der Waals surface area contributed by atoms with Crippen molar-refractivity contribution in [1.82, 2.24) is 10.6 Å². The summed E-state index contributed by atoms with van der Waals surface area (Å²) in [7, 11) is 0. The lowest BCUT2D eigenvalue weighted by molar-refractivity contribution is -0.123. The van der Waals surface area contributed by atoms with Gasteiger partial charge in [-0.15, -0.1) is 29.3 Å². The third kappa shape index (κ3) is 3.86. The predicted molar refractivity (Wildman–Crippen MR) is 99.2 cm³/mol. The standard InChI is InChI=1S/C17H14N2O4S2/c1-2-7-18-17(22)19-14(20)9-23-16(21)13-8-12-15(25-13)10-5-3-4-6-11(10)24-12/h2-6,8H,1,7,9H2,(H2,18,19,20,22). The molecule has 6 nitrogen and oxygen atoms in total. The van der Waals surface area contributed by atoms with E-state index in [4.69, 9.17) is 4.74 Å². The number of hydrogen-bond acceptors (Lipinski definition) is 6. The van der Waals surface area contributed by atoms with Gasteiger partial charge in [-0.2, -0.15) is 0 Å². The first-order valence-corrected chi connectivity index (χ1v) is 8.98. The molecular weight excluding hydrogens is 360 g/mol. The zero-order chi connectivity index (χ0) is 17.8. The van der Waals surface area contributed by atoms with E-state index >= 15 is 0 Å². The van der Waals surface area contributed by atoms with Gasteiger partial charge in [-0.3, -0.25) is 10.1 Å². The molecule has 0 aliphatic carbocycles. The maximum absolute atomic E-state index is 12.1.